The number of H-pyrrole nitrogens is 1. The monoisotopic (exact) mass is 233 g/mol. The zero-order valence-electron chi connectivity index (χ0n) is 10.6. The quantitative estimate of drug-likeness (QED) is 0.605. The summed E-state index contributed by atoms with van der Waals surface area (Å²) >= 11 is 0. The van der Waals surface area contributed by atoms with Crippen LogP contribution in [-0.2, 0) is 4.79 Å². The van der Waals surface area contributed by atoms with E-state index in [9.17, 15) is 9.59 Å². The summed E-state index contributed by atoms with van der Waals surface area (Å²) in [4.78, 5) is 25.7. The molecule has 17 heavy (non-hydrogen) atoms. The molecule has 0 aliphatic rings. The van der Waals surface area contributed by atoms with Crippen molar-refractivity contribution in [1.82, 2.24) is 4.98 Å². The van der Waals surface area contributed by atoms with Gasteiger partial charge in [0.25, 0.3) is 0 Å². The summed E-state index contributed by atoms with van der Waals surface area (Å²) in [5.74, 6) is 0.177. The highest BCUT2D eigenvalue weighted by Gasteiger charge is 2.15. The van der Waals surface area contributed by atoms with E-state index in [0.29, 0.717) is 5.69 Å². The van der Waals surface area contributed by atoms with E-state index in [1.54, 1.807) is 18.3 Å². The number of carbonyl (C=O) groups excluding carboxylic acids is 2. The largest absolute Gasteiger partial charge is 0.358 e. The molecule has 0 amide bonds. The molecule has 0 aliphatic carbocycles. The van der Waals surface area contributed by atoms with Gasteiger partial charge in [-0.25, -0.2) is 0 Å². The number of hydrogen-bond donors (Lipinski definition) is 1. The fraction of sp³-hybridized carbons (Fsp3) is 0.429. The standard InChI is InChI=1S/C14H19NO2/c1-4-5-10(2)14(17)13-8-12(9-15-13)7-6-11(3)16/h6-10,15H,4-5H2,1-3H3/b7-6+. The minimum Gasteiger partial charge on any atom is -0.358 e. The Kier molecular flexibility index (Phi) is 4.88. The lowest BCUT2D eigenvalue weighted by Gasteiger charge is -2.06. The first-order chi connectivity index (χ1) is 8.04. The Balaban J connectivity index is 2.74. The molecule has 1 rings (SSSR count). The molecule has 0 bridgehead atoms. The van der Waals surface area contributed by atoms with Crippen molar-refractivity contribution in [2.45, 2.75) is 33.6 Å². The molecule has 0 aromatic carbocycles. The van der Waals surface area contributed by atoms with Gasteiger partial charge in [-0.3, -0.25) is 9.59 Å². The first-order valence-electron chi connectivity index (χ1n) is 5.96. The molecule has 0 spiro atoms. The Morgan fingerprint density at radius 3 is 2.76 bits per heavy atom. The third kappa shape index (κ3) is 4.02. The number of aromatic nitrogens is 1. The van der Waals surface area contributed by atoms with Crippen LogP contribution < -0.4 is 0 Å². The average molecular weight is 233 g/mol. The molecule has 3 nitrogen and oxygen atoms in total. The van der Waals surface area contributed by atoms with Crippen molar-refractivity contribution in [3.63, 3.8) is 0 Å². The highest BCUT2D eigenvalue weighted by Crippen LogP contribution is 2.14. The summed E-state index contributed by atoms with van der Waals surface area (Å²) in [5.41, 5.74) is 1.47. The van der Waals surface area contributed by atoms with E-state index in [-0.39, 0.29) is 17.5 Å². The summed E-state index contributed by atoms with van der Waals surface area (Å²) in [7, 11) is 0. The van der Waals surface area contributed by atoms with Gasteiger partial charge in [0.2, 0.25) is 0 Å². The zero-order chi connectivity index (χ0) is 12.8. The van der Waals surface area contributed by atoms with Crippen LogP contribution in [0.1, 0.15) is 49.7 Å². The molecule has 92 valence electrons. The fourth-order valence-electron chi connectivity index (χ4n) is 1.69. The van der Waals surface area contributed by atoms with Gasteiger partial charge >= 0.3 is 0 Å². The molecular weight excluding hydrogens is 214 g/mol. The third-order valence-corrected chi connectivity index (χ3v) is 2.65. The van der Waals surface area contributed by atoms with Gasteiger partial charge in [0, 0.05) is 12.1 Å². The van der Waals surface area contributed by atoms with Crippen LogP contribution >= 0.6 is 0 Å². The highest BCUT2D eigenvalue weighted by molar-refractivity contribution is 5.97. The Bertz CT molecular complexity index is 429. The lowest BCUT2D eigenvalue weighted by molar-refractivity contribution is -0.112. The lowest BCUT2D eigenvalue weighted by Crippen LogP contribution is -2.11. The van der Waals surface area contributed by atoms with E-state index in [4.69, 9.17) is 0 Å². The minimum absolute atomic E-state index is 0.00146. The molecule has 0 saturated heterocycles. The Hall–Kier alpha value is -1.64. The number of ketones is 2. The molecule has 0 aliphatic heterocycles. The predicted molar refractivity (Wildman–Crippen MR) is 68.9 cm³/mol. The normalized spacial score (nSPS) is 12.9. The second-order valence-electron chi connectivity index (χ2n) is 4.34. The number of hydrogen-bond acceptors (Lipinski definition) is 2. The summed E-state index contributed by atoms with van der Waals surface area (Å²) in [5, 5.41) is 0. The molecule has 0 fully saturated rings. The van der Waals surface area contributed by atoms with Gasteiger partial charge in [0.05, 0.1) is 5.69 Å². The van der Waals surface area contributed by atoms with E-state index < -0.39 is 0 Å². The summed E-state index contributed by atoms with van der Waals surface area (Å²) in [6.45, 7) is 5.51. The first kappa shape index (κ1) is 13.4. The predicted octanol–water partition coefficient (Wildman–Crippen LogP) is 3.24. The van der Waals surface area contributed by atoms with Crippen molar-refractivity contribution in [3.05, 3.63) is 29.6 Å². The first-order valence-corrected chi connectivity index (χ1v) is 5.96. The molecule has 1 N–H and O–H groups in total. The van der Waals surface area contributed by atoms with Crippen LogP contribution in [0.15, 0.2) is 18.3 Å². The van der Waals surface area contributed by atoms with E-state index in [0.717, 1.165) is 18.4 Å². The lowest BCUT2D eigenvalue weighted by atomic mass is 9.99. The second kappa shape index (κ2) is 6.18. The maximum atomic E-state index is 12.0. The van der Waals surface area contributed by atoms with E-state index >= 15 is 0 Å². The summed E-state index contributed by atoms with van der Waals surface area (Å²) in [6, 6.07) is 1.79. The van der Waals surface area contributed by atoms with Crippen molar-refractivity contribution in [1.29, 1.82) is 0 Å². The summed E-state index contributed by atoms with van der Waals surface area (Å²) < 4.78 is 0. The molecule has 1 unspecified atom stereocenters. The Morgan fingerprint density at radius 1 is 1.47 bits per heavy atom. The van der Waals surface area contributed by atoms with Gasteiger partial charge in [0.1, 0.15) is 0 Å². The van der Waals surface area contributed by atoms with Gasteiger partial charge in [-0.15, -0.1) is 0 Å². The van der Waals surface area contributed by atoms with Crippen molar-refractivity contribution in [3.8, 4) is 0 Å². The summed E-state index contributed by atoms with van der Waals surface area (Å²) in [6.07, 6.45) is 6.85. The van der Waals surface area contributed by atoms with Gasteiger partial charge in [-0.2, -0.15) is 0 Å². The molecular formula is C14H19NO2. The molecule has 3 heteroatoms. The van der Waals surface area contributed by atoms with Gasteiger partial charge in [-0.1, -0.05) is 20.3 Å². The van der Waals surface area contributed by atoms with Crippen LogP contribution in [0.4, 0.5) is 0 Å². The maximum absolute atomic E-state index is 12.0. The van der Waals surface area contributed by atoms with Crippen LogP contribution in [-0.4, -0.2) is 16.6 Å². The van der Waals surface area contributed by atoms with Crippen molar-refractivity contribution < 1.29 is 9.59 Å². The number of allylic oxidation sites excluding steroid dienone is 1. The van der Waals surface area contributed by atoms with Gasteiger partial charge < -0.3 is 4.98 Å². The number of Topliss-reactive ketones (excluding diaryl/α,β-unsaturated/α-hetero) is 1. The molecule has 1 heterocycles. The SMILES string of the molecule is CCCC(C)C(=O)c1cc(/C=C/C(C)=O)c[nH]1. The molecule has 1 atom stereocenters. The van der Waals surface area contributed by atoms with E-state index in [1.807, 2.05) is 6.92 Å². The van der Waals surface area contributed by atoms with Crippen molar-refractivity contribution in [2.75, 3.05) is 0 Å². The van der Waals surface area contributed by atoms with Crippen LogP contribution in [0.25, 0.3) is 6.08 Å². The highest BCUT2D eigenvalue weighted by atomic mass is 16.1. The van der Waals surface area contributed by atoms with Crippen molar-refractivity contribution in [2.24, 2.45) is 5.92 Å². The van der Waals surface area contributed by atoms with E-state index in [1.165, 1.54) is 13.0 Å². The van der Waals surface area contributed by atoms with Crippen LogP contribution in [0, 0.1) is 5.92 Å². The number of aromatic amines is 1. The number of nitrogens with one attached hydrogen (secondary N) is 1. The van der Waals surface area contributed by atoms with Crippen LogP contribution in [0.2, 0.25) is 0 Å². The number of rotatable bonds is 6. The topological polar surface area (TPSA) is 49.9 Å². The van der Waals surface area contributed by atoms with Crippen LogP contribution in [0.3, 0.4) is 0 Å². The fourth-order valence-corrected chi connectivity index (χ4v) is 1.69. The average Bonchev–Trinajstić information content (AvgIpc) is 2.74. The van der Waals surface area contributed by atoms with Gasteiger partial charge in [0.15, 0.2) is 11.6 Å². The van der Waals surface area contributed by atoms with E-state index in [2.05, 4.69) is 11.9 Å². The second-order valence-corrected chi connectivity index (χ2v) is 4.34. The van der Waals surface area contributed by atoms with Crippen LogP contribution in [0.5, 0.6) is 0 Å². The zero-order valence-corrected chi connectivity index (χ0v) is 10.6. The third-order valence-electron chi connectivity index (χ3n) is 2.65. The smallest absolute Gasteiger partial charge is 0.181 e. The number of carbonyl (C=O) groups is 2. The molecule has 0 saturated carbocycles. The Labute approximate surface area is 102 Å². The molecule has 1 aromatic rings. The van der Waals surface area contributed by atoms with Crippen molar-refractivity contribution >= 4 is 17.6 Å². The molecule has 1 aromatic heterocycles. The van der Waals surface area contributed by atoms with Gasteiger partial charge in [-0.05, 0) is 37.1 Å². The molecule has 0 radical (unpaired) electrons. The Morgan fingerprint density at radius 2 is 2.18 bits per heavy atom. The minimum atomic E-state index is -0.00146. The maximum Gasteiger partial charge on any atom is 0.181 e.